The lowest BCUT2D eigenvalue weighted by atomic mass is 10.1. The van der Waals surface area contributed by atoms with Gasteiger partial charge in [-0.25, -0.2) is 0 Å². The minimum atomic E-state index is -0.794. The number of hydrogen-bond acceptors (Lipinski definition) is 4. The van der Waals surface area contributed by atoms with E-state index in [9.17, 15) is 4.79 Å². The molecule has 82 valence electrons. The molecule has 0 aliphatic rings. The zero-order valence-corrected chi connectivity index (χ0v) is 8.90. The van der Waals surface area contributed by atoms with Crippen LogP contribution in [0.25, 0.3) is 0 Å². The van der Waals surface area contributed by atoms with Gasteiger partial charge in [-0.05, 0) is 13.0 Å². The number of rotatable bonds is 4. The SMILES string of the molecule is CCOc1ccccc1C(N)C(=O)OC. The second kappa shape index (κ2) is 5.36. The minimum absolute atomic E-state index is 0.470. The Bertz CT molecular complexity index is 338. The fourth-order valence-electron chi connectivity index (χ4n) is 1.28. The molecular formula is C11H15NO3. The van der Waals surface area contributed by atoms with Crippen LogP contribution >= 0.6 is 0 Å². The number of carbonyl (C=O) groups is 1. The number of methoxy groups -OCH3 is 1. The highest BCUT2D eigenvalue weighted by Crippen LogP contribution is 2.24. The number of carbonyl (C=O) groups excluding carboxylic acids is 1. The molecule has 0 bridgehead atoms. The maximum atomic E-state index is 11.3. The minimum Gasteiger partial charge on any atom is -0.494 e. The van der Waals surface area contributed by atoms with Gasteiger partial charge in [0.15, 0.2) is 0 Å². The predicted octanol–water partition coefficient (Wildman–Crippen LogP) is 1.26. The van der Waals surface area contributed by atoms with Crippen LogP contribution in [0.2, 0.25) is 0 Å². The summed E-state index contributed by atoms with van der Waals surface area (Å²) in [6, 6.07) is 6.38. The van der Waals surface area contributed by atoms with Gasteiger partial charge in [0.05, 0.1) is 13.7 Å². The summed E-state index contributed by atoms with van der Waals surface area (Å²) >= 11 is 0. The van der Waals surface area contributed by atoms with E-state index in [1.165, 1.54) is 7.11 Å². The predicted molar refractivity (Wildman–Crippen MR) is 56.6 cm³/mol. The van der Waals surface area contributed by atoms with Crippen molar-refractivity contribution in [1.29, 1.82) is 0 Å². The molecule has 1 aromatic carbocycles. The molecule has 0 amide bonds. The molecule has 4 nitrogen and oxygen atoms in total. The lowest BCUT2D eigenvalue weighted by molar-refractivity contribution is -0.142. The Hall–Kier alpha value is -1.55. The molecule has 0 aliphatic heterocycles. The van der Waals surface area contributed by atoms with Crippen molar-refractivity contribution >= 4 is 5.97 Å². The van der Waals surface area contributed by atoms with E-state index < -0.39 is 12.0 Å². The number of benzene rings is 1. The number of hydrogen-bond donors (Lipinski definition) is 1. The summed E-state index contributed by atoms with van der Waals surface area (Å²) in [4.78, 5) is 11.3. The Balaban J connectivity index is 2.96. The molecule has 1 unspecified atom stereocenters. The molecule has 1 atom stereocenters. The maximum Gasteiger partial charge on any atom is 0.327 e. The molecular weight excluding hydrogens is 194 g/mol. The average Bonchev–Trinajstić information content (AvgIpc) is 2.28. The van der Waals surface area contributed by atoms with Gasteiger partial charge in [0.1, 0.15) is 11.8 Å². The van der Waals surface area contributed by atoms with Crippen LogP contribution in [0, 0.1) is 0 Å². The molecule has 2 N–H and O–H groups in total. The van der Waals surface area contributed by atoms with E-state index in [-0.39, 0.29) is 0 Å². The summed E-state index contributed by atoms with van der Waals surface area (Å²) < 4.78 is 9.95. The monoisotopic (exact) mass is 209 g/mol. The Morgan fingerprint density at radius 2 is 2.13 bits per heavy atom. The first-order valence-electron chi connectivity index (χ1n) is 4.75. The van der Waals surface area contributed by atoms with Crippen molar-refractivity contribution in [3.05, 3.63) is 29.8 Å². The molecule has 0 saturated carbocycles. The second-order valence-corrected chi connectivity index (χ2v) is 2.97. The van der Waals surface area contributed by atoms with Crippen molar-refractivity contribution in [2.75, 3.05) is 13.7 Å². The largest absolute Gasteiger partial charge is 0.494 e. The number of esters is 1. The van der Waals surface area contributed by atoms with E-state index in [1.807, 2.05) is 13.0 Å². The fraction of sp³-hybridized carbons (Fsp3) is 0.364. The first kappa shape index (κ1) is 11.5. The number of nitrogens with two attached hydrogens (primary N) is 1. The molecule has 1 rings (SSSR count). The van der Waals surface area contributed by atoms with Gasteiger partial charge in [0.25, 0.3) is 0 Å². The smallest absolute Gasteiger partial charge is 0.327 e. The number of ether oxygens (including phenoxy) is 2. The van der Waals surface area contributed by atoms with E-state index in [1.54, 1.807) is 18.2 Å². The van der Waals surface area contributed by atoms with Crippen molar-refractivity contribution in [3.63, 3.8) is 0 Å². The van der Waals surface area contributed by atoms with E-state index in [0.717, 1.165) is 0 Å². The van der Waals surface area contributed by atoms with Crippen molar-refractivity contribution in [3.8, 4) is 5.75 Å². The van der Waals surface area contributed by atoms with Crippen molar-refractivity contribution in [2.45, 2.75) is 13.0 Å². The third kappa shape index (κ3) is 2.70. The quantitative estimate of drug-likeness (QED) is 0.758. The molecule has 0 aromatic heterocycles. The molecule has 0 fully saturated rings. The normalized spacial score (nSPS) is 11.9. The van der Waals surface area contributed by atoms with Crippen LogP contribution < -0.4 is 10.5 Å². The Morgan fingerprint density at radius 3 is 2.73 bits per heavy atom. The third-order valence-electron chi connectivity index (χ3n) is 2.01. The zero-order chi connectivity index (χ0) is 11.3. The Kier molecular flexibility index (Phi) is 4.12. The summed E-state index contributed by atoms with van der Waals surface area (Å²) in [5.74, 6) is 0.153. The van der Waals surface area contributed by atoms with Crippen LogP contribution in [0.4, 0.5) is 0 Å². The summed E-state index contributed by atoms with van der Waals surface area (Å²) in [5, 5.41) is 0. The molecule has 0 heterocycles. The Morgan fingerprint density at radius 1 is 1.47 bits per heavy atom. The van der Waals surface area contributed by atoms with E-state index in [0.29, 0.717) is 17.9 Å². The molecule has 15 heavy (non-hydrogen) atoms. The lowest BCUT2D eigenvalue weighted by Crippen LogP contribution is -2.23. The van der Waals surface area contributed by atoms with Gasteiger partial charge in [0, 0.05) is 5.56 Å². The van der Waals surface area contributed by atoms with E-state index >= 15 is 0 Å². The molecule has 0 spiro atoms. The molecule has 1 aromatic rings. The van der Waals surface area contributed by atoms with Crippen molar-refractivity contribution in [1.82, 2.24) is 0 Å². The van der Waals surface area contributed by atoms with Gasteiger partial charge in [-0.15, -0.1) is 0 Å². The van der Waals surface area contributed by atoms with Crippen LogP contribution in [0.5, 0.6) is 5.75 Å². The molecule has 0 saturated heterocycles. The van der Waals surface area contributed by atoms with Crippen LogP contribution in [0.1, 0.15) is 18.5 Å². The van der Waals surface area contributed by atoms with Gasteiger partial charge >= 0.3 is 5.97 Å². The summed E-state index contributed by atoms with van der Waals surface area (Å²) in [7, 11) is 1.31. The highest BCUT2D eigenvalue weighted by Gasteiger charge is 2.19. The van der Waals surface area contributed by atoms with Crippen LogP contribution in [-0.2, 0) is 9.53 Å². The molecule has 0 radical (unpaired) electrons. The van der Waals surface area contributed by atoms with Crippen molar-refractivity contribution in [2.24, 2.45) is 5.73 Å². The zero-order valence-electron chi connectivity index (χ0n) is 8.90. The van der Waals surface area contributed by atoms with E-state index in [2.05, 4.69) is 4.74 Å². The highest BCUT2D eigenvalue weighted by atomic mass is 16.5. The summed E-state index contributed by atoms with van der Waals surface area (Å²) in [6.45, 7) is 2.41. The van der Waals surface area contributed by atoms with Crippen LogP contribution in [0.3, 0.4) is 0 Å². The van der Waals surface area contributed by atoms with Crippen LogP contribution in [-0.4, -0.2) is 19.7 Å². The third-order valence-corrected chi connectivity index (χ3v) is 2.01. The maximum absolute atomic E-state index is 11.3. The van der Waals surface area contributed by atoms with Gasteiger partial charge < -0.3 is 15.2 Å². The topological polar surface area (TPSA) is 61.5 Å². The lowest BCUT2D eigenvalue weighted by Gasteiger charge is -2.14. The van der Waals surface area contributed by atoms with E-state index in [4.69, 9.17) is 10.5 Å². The number of para-hydroxylation sites is 1. The van der Waals surface area contributed by atoms with Crippen molar-refractivity contribution < 1.29 is 14.3 Å². The molecule has 0 aliphatic carbocycles. The molecule has 4 heteroatoms. The fourth-order valence-corrected chi connectivity index (χ4v) is 1.28. The van der Waals surface area contributed by atoms with Crippen LogP contribution in [0.15, 0.2) is 24.3 Å². The summed E-state index contributed by atoms with van der Waals surface area (Å²) in [6.07, 6.45) is 0. The Labute approximate surface area is 89.0 Å². The second-order valence-electron chi connectivity index (χ2n) is 2.97. The van der Waals surface area contributed by atoms with Gasteiger partial charge in [-0.1, -0.05) is 18.2 Å². The standard InChI is InChI=1S/C11H15NO3/c1-3-15-9-7-5-4-6-8(9)10(12)11(13)14-2/h4-7,10H,3,12H2,1-2H3. The van der Waals surface area contributed by atoms with Gasteiger partial charge in [0.2, 0.25) is 0 Å². The summed E-state index contributed by atoms with van der Waals surface area (Å²) in [5.41, 5.74) is 6.37. The highest BCUT2D eigenvalue weighted by molar-refractivity contribution is 5.78. The van der Waals surface area contributed by atoms with Gasteiger partial charge in [-0.3, -0.25) is 4.79 Å². The first-order chi connectivity index (χ1) is 7.20. The first-order valence-corrected chi connectivity index (χ1v) is 4.75. The average molecular weight is 209 g/mol. The van der Waals surface area contributed by atoms with Gasteiger partial charge in [-0.2, -0.15) is 0 Å².